The second-order valence-electron chi connectivity index (χ2n) is 5.10. The molecule has 0 unspecified atom stereocenters. The van der Waals surface area contributed by atoms with Gasteiger partial charge in [-0.05, 0) is 44.4 Å². The number of carbonyl (C=O) groups is 2. The molecule has 0 radical (unpaired) electrons. The Morgan fingerprint density at radius 2 is 1.95 bits per heavy atom. The molecule has 0 saturated carbocycles. The smallest absolute Gasteiger partial charge is 0.342 e. The molecule has 20 heavy (non-hydrogen) atoms. The second-order valence-corrected chi connectivity index (χ2v) is 5.10. The van der Waals surface area contributed by atoms with Crippen molar-refractivity contribution >= 4 is 11.9 Å². The summed E-state index contributed by atoms with van der Waals surface area (Å²) in [7, 11) is 0. The molecular weight excluding hydrogens is 258 g/mol. The molecule has 1 aliphatic rings. The molecule has 5 heteroatoms. The normalized spacial score (nSPS) is 16.0. The van der Waals surface area contributed by atoms with Crippen LogP contribution in [0, 0.1) is 6.92 Å². The number of amides is 1. The lowest BCUT2D eigenvalue weighted by Crippen LogP contribution is -2.38. The maximum absolute atomic E-state index is 12.0. The highest BCUT2D eigenvalue weighted by Gasteiger charge is 2.26. The van der Waals surface area contributed by atoms with Crippen LogP contribution in [0.4, 0.5) is 0 Å². The number of rotatable bonds is 3. The van der Waals surface area contributed by atoms with Gasteiger partial charge in [0.15, 0.2) is 6.10 Å². The van der Waals surface area contributed by atoms with Crippen molar-refractivity contribution in [1.29, 1.82) is 0 Å². The van der Waals surface area contributed by atoms with Crippen LogP contribution in [-0.4, -0.2) is 41.1 Å². The van der Waals surface area contributed by atoms with E-state index in [1.807, 2.05) is 6.92 Å². The number of carbonyl (C=O) groups excluding carboxylic acids is 2. The summed E-state index contributed by atoms with van der Waals surface area (Å²) in [5.74, 6) is -0.985. The molecule has 1 aliphatic heterocycles. The first-order chi connectivity index (χ1) is 9.49. The number of phenolic OH excluding ortho intramolecular Hbond substituents is 1. The van der Waals surface area contributed by atoms with E-state index in [-0.39, 0.29) is 17.2 Å². The third kappa shape index (κ3) is 3.10. The van der Waals surface area contributed by atoms with Gasteiger partial charge in [-0.15, -0.1) is 0 Å². The van der Waals surface area contributed by atoms with Crippen LogP contribution in [-0.2, 0) is 9.53 Å². The van der Waals surface area contributed by atoms with E-state index in [2.05, 4.69) is 0 Å². The summed E-state index contributed by atoms with van der Waals surface area (Å²) < 4.78 is 5.14. The fraction of sp³-hybridized carbons (Fsp3) is 0.467. The Morgan fingerprint density at radius 1 is 1.30 bits per heavy atom. The number of ether oxygens (including phenoxy) is 1. The molecule has 0 aromatic heterocycles. The third-order valence-electron chi connectivity index (χ3n) is 3.42. The Bertz CT molecular complexity index is 521. The van der Waals surface area contributed by atoms with Crippen molar-refractivity contribution < 1.29 is 19.4 Å². The molecule has 1 N–H and O–H groups in total. The molecule has 0 spiro atoms. The van der Waals surface area contributed by atoms with Gasteiger partial charge in [0.2, 0.25) is 0 Å². The van der Waals surface area contributed by atoms with E-state index in [0.717, 1.165) is 31.5 Å². The van der Waals surface area contributed by atoms with Gasteiger partial charge < -0.3 is 14.7 Å². The molecule has 1 heterocycles. The number of aromatic hydroxyl groups is 1. The van der Waals surface area contributed by atoms with Gasteiger partial charge in [-0.1, -0.05) is 6.07 Å². The predicted molar refractivity (Wildman–Crippen MR) is 73.5 cm³/mol. The van der Waals surface area contributed by atoms with E-state index in [0.29, 0.717) is 0 Å². The van der Waals surface area contributed by atoms with Gasteiger partial charge in [-0.3, -0.25) is 4.79 Å². The summed E-state index contributed by atoms with van der Waals surface area (Å²) in [4.78, 5) is 25.7. The molecule has 1 saturated heterocycles. The first kappa shape index (κ1) is 14.4. The zero-order valence-electron chi connectivity index (χ0n) is 11.8. The summed E-state index contributed by atoms with van der Waals surface area (Å²) in [6.45, 7) is 4.81. The van der Waals surface area contributed by atoms with Gasteiger partial charge in [-0.2, -0.15) is 0 Å². The largest absolute Gasteiger partial charge is 0.507 e. The Morgan fingerprint density at radius 3 is 2.55 bits per heavy atom. The first-order valence-electron chi connectivity index (χ1n) is 6.78. The van der Waals surface area contributed by atoms with Gasteiger partial charge in [0.1, 0.15) is 11.3 Å². The van der Waals surface area contributed by atoms with Crippen molar-refractivity contribution in [2.75, 3.05) is 13.1 Å². The predicted octanol–water partition coefficient (Wildman–Crippen LogP) is 1.87. The van der Waals surface area contributed by atoms with Crippen LogP contribution in [0.25, 0.3) is 0 Å². The Labute approximate surface area is 118 Å². The summed E-state index contributed by atoms with van der Waals surface area (Å²) in [5, 5.41) is 9.73. The minimum Gasteiger partial charge on any atom is -0.507 e. The standard InChI is InChI=1S/C15H19NO4/c1-10-5-6-12(13(17)9-10)15(19)20-11(2)14(18)16-7-3-4-8-16/h5-6,9,11,17H,3-4,7-8H2,1-2H3/t11-/m1/s1. The minimum atomic E-state index is -0.832. The third-order valence-corrected chi connectivity index (χ3v) is 3.42. The van der Waals surface area contributed by atoms with Crippen LogP contribution in [0.5, 0.6) is 5.75 Å². The number of esters is 1. The zero-order valence-corrected chi connectivity index (χ0v) is 11.8. The van der Waals surface area contributed by atoms with Crippen LogP contribution < -0.4 is 0 Å². The maximum Gasteiger partial charge on any atom is 0.342 e. The maximum atomic E-state index is 12.0. The average molecular weight is 277 g/mol. The van der Waals surface area contributed by atoms with Crippen molar-refractivity contribution in [2.24, 2.45) is 0 Å². The van der Waals surface area contributed by atoms with Crippen molar-refractivity contribution in [3.05, 3.63) is 29.3 Å². The lowest BCUT2D eigenvalue weighted by Gasteiger charge is -2.20. The molecule has 5 nitrogen and oxygen atoms in total. The topological polar surface area (TPSA) is 66.8 Å². The lowest BCUT2D eigenvalue weighted by molar-refractivity contribution is -0.138. The van der Waals surface area contributed by atoms with Gasteiger partial charge >= 0.3 is 5.97 Å². The van der Waals surface area contributed by atoms with Crippen LogP contribution >= 0.6 is 0 Å². The monoisotopic (exact) mass is 277 g/mol. The highest BCUT2D eigenvalue weighted by Crippen LogP contribution is 2.20. The van der Waals surface area contributed by atoms with E-state index in [9.17, 15) is 14.7 Å². The Hall–Kier alpha value is -2.04. The van der Waals surface area contributed by atoms with Crippen molar-refractivity contribution in [2.45, 2.75) is 32.8 Å². The summed E-state index contributed by atoms with van der Waals surface area (Å²) >= 11 is 0. The Kier molecular flexibility index (Phi) is 4.27. The molecule has 108 valence electrons. The van der Waals surface area contributed by atoms with Crippen molar-refractivity contribution in [3.8, 4) is 5.75 Å². The van der Waals surface area contributed by atoms with E-state index >= 15 is 0 Å². The van der Waals surface area contributed by atoms with E-state index in [4.69, 9.17) is 4.74 Å². The van der Waals surface area contributed by atoms with E-state index < -0.39 is 12.1 Å². The summed E-state index contributed by atoms with van der Waals surface area (Å²) in [5.41, 5.74) is 0.928. The van der Waals surface area contributed by atoms with Crippen LogP contribution in [0.1, 0.15) is 35.7 Å². The fourth-order valence-electron chi connectivity index (χ4n) is 2.28. The zero-order chi connectivity index (χ0) is 14.7. The van der Waals surface area contributed by atoms with Crippen LogP contribution in [0.2, 0.25) is 0 Å². The molecule has 0 bridgehead atoms. The summed E-state index contributed by atoms with van der Waals surface area (Å²) in [6, 6.07) is 4.70. The van der Waals surface area contributed by atoms with Gasteiger partial charge in [0.05, 0.1) is 0 Å². The number of hydrogen-bond donors (Lipinski definition) is 1. The molecule has 1 fully saturated rings. The molecule has 1 aromatic carbocycles. The number of hydrogen-bond acceptors (Lipinski definition) is 4. The van der Waals surface area contributed by atoms with Crippen LogP contribution in [0.3, 0.4) is 0 Å². The SMILES string of the molecule is Cc1ccc(C(=O)O[C@H](C)C(=O)N2CCCC2)c(O)c1. The van der Waals surface area contributed by atoms with Gasteiger partial charge in [-0.25, -0.2) is 4.79 Å². The van der Waals surface area contributed by atoms with Crippen molar-refractivity contribution in [3.63, 3.8) is 0 Å². The molecular formula is C15H19NO4. The fourth-order valence-corrected chi connectivity index (χ4v) is 2.28. The van der Waals surface area contributed by atoms with E-state index in [1.165, 1.54) is 12.1 Å². The number of benzene rings is 1. The number of aryl methyl sites for hydroxylation is 1. The van der Waals surface area contributed by atoms with Gasteiger partial charge in [0.25, 0.3) is 5.91 Å². The van der Waals surface area contributed by atoms with Crippen LogP contribution in [0.15, 0.2) is 18.2 Å². The molecule has 1 amide bonds. The number of likely N-dealkylation sites (tertiary alicyclic amines) is 1. The summed E-state index contributed by atoms with van der Waals surface area (Å²) in [6.07, 6.45) is 1.15. The highest BCUT2D eigenvalue weighted by atomic mass is 16.5. The number of nitrogens with zero attached hydrogens (tertiary/aromatic N) is 1. The average Bonchev–Trinajstić information content (AvgIpc) is 2.91. The minimum absolute atomic E-state index is 0.0803. The Balaban J connectivity index is 2.01. The quantitative estimate of drug-likeness (QED) is 0.856. The molecule has 1 atom stereocenters. The first-order valence-corrected chi connectivity index (χ1v) is 6.78. The second kappa shape index (κ2) is 5.94. The van der Waals surface area contributed by atoms with E-state index in [1.54, 1.807) is 17.9 Å². The lowest BCUT2D eigenvalue weighted by atomic mass is 10.1. The van der Waals surface area contributed by atoms with Gasteiger partial charge in [0, 0.05) is 13.1 Å². The number of phenols is 1. The molecule has 0 aliphatic carbocycles. The molecule has 1 aromatic rings. The van der Waals surface area contributed by atoms with Crippen molar-refractivity contribution in [1.82, 2.24) is 4.90 Å². The molecule has 2 rings (SSSR count). The highest BCUT2D eigenvalue weighted by molar-refractivity contribution is 5.94.